The fraction of sp³-hybridized carbons (Fsp3) is 0.250. The van der Waals surface area contributed by atoms with Crippen molar-refractivity contribution < 1.29 is 9.47 Å². The Kier molecular flexibility index (Phi) is 4.95. The van der Waals surface area contributed by atoms with Gasteiger partial charge in [-0.05, 0) is 41.8 Å². The van der Waals surface area contributed by atoms with E-state index in [1.165, 1.54) is 0 Å². The predicted octanol–water partition coefficient (Wildman–Crippen LogP) is 5.10. The lowest BCUT2D eigenvalue weighted by Crippen LogP contribution is -1.97. The first kappa shape index (κ1) is 15.2. The third kappa shape index (κ3) is 3.10. The normalized spacial score (nSPS) is 12.1. The van der Waals surface area contributed by atoms with E-state index in [2.05, 4.69) is 22.0 Å². The Morgan fingerprint density at radius 2 is 1.55 bits per heavy atom. The van der Waals surface area contributed by atoms with Crippen molar-refractivity contribution in [2.24, 2.45) is 0 Å². The van der Waals surface area contributed by atoms with E-state index < -0.39 is 0 Å². The second-order valence-electron chi connectivity index (χ2n) is 4.49. The summed E-state index contributed by atoms with van der Waals surface area (Å²) in [5.74, 6) is 1.39. The Morgan fingerprint density at radius 1 is 0.950 bits per heavy atom. The van der Waals surface area contributed by atoms with Gasteiger partial charge in [0.25, 0.3) is 0 Å². The van der Waals surface area contributed by atoms with Crippen molar-refractivity contribution in [3.8, 4) is 11.5 Å². The second-order valence-corrected chi connectivity index (χ2v) is 5.78. The Hall–Kier alpha value is -1.19. The van der Waals surface area contributed by atoms with Crippen LogP contribution in [-0.4, -0.2) is 14.2 Å². The lowest BCUT2D eigenvalue weighted by atomic mass is 10.0. The van der Waals surface area contributed by atoms with Crippen LogP contribution in [0.4, 0.5) is 0 Å². The first-order valence-electron chi connectivity index (χ1n) is 6.19. The van der Waals surface area contributed by atoms with Gasteiger partial charge in [0.15, 0.2) is 11.5 Å². The van der Waals surface area contributed by atoms with Crippen LogP contribution in [0.3, 0.4) is 0 Å². The average molecular weight is 356 g/mol. The highest BCUT2D eigenvalue weighted by molar-refractivity contribution is 9.10. The van der Waals surface area contributed by atoms with Crippen molar-refractivity contribution in [1.82, 2.24) is 0 Å². The summed E-state index contributed by atoms with van der Waals surface area (Å²) in [7, 11) is 3.24. The zero-order valence-corrected chi connectivity index (χ0v) is 14.0. The van der Waals surface area contributed by atoms with Crippen LogP contribution >= 0.6 is 27.5 Å². The minimum absolute atomic E-state index is 0.221. The molecule has 0 fully saturated rings. The van der Waals surface area contributed by atoms with Crippen molar-refractivity contribution in [3.05, 3.63) is 57.6 Å². The maximum Gasteiger partial charge on any atom is 0.161 e. The Labute approximate surface area is 132 Å². The molecule has 0 N–H and O–H groups in total. The van der Waals surface area contributed by atoms with Crippen molar-refractivity contribution in [2.45, 2.75) is 12.3 Å². The molecule has 0 bridgehead atoms. The minimum Gasteiger partial charge on any atom is -0.493 e. The van der Waals surface area contributed by atoms with Gasteiger partial charge >= 0.3 is 0 Å². The minimum atomic E-state index is -0.221. The van der Waals surface area contributed by atoms with E-state index >= 15 is 0 Å². The molecule has 2 rings (SSSR count). The third-order valence-corrected chi connectivity index (χ3v) is 4.57. The SMILES string of the molecule is COc1ccc(C(Cl)c2ccc(Br)c(C)c2)cc1OC. The van der Waals surface area contributed by atoms with E-state index in [-0.39, 0.29) is 5.38 Å². The van der Waals surface area contributed by atoms with Crippen LogP contribution in [0.5, 0.6) is 11.5 Å². The van der Waals surface area contributed by atoms with Gasteiger partial charge in [0.1, 0.15) is 0 Å². The highest BCUT2D eigenvalue weighted by Crippen LogP contribution is 2.36. The molecule has 106 valence electrons. The summed E-state index contributed by atoms with van der Waals surface area (Å²) in [6.07, 6.45) is 0. The molecule has 1 unspecified atom stereocenters. The Bertz CT molecular complexity index is 613. The molecular formula is C16H16BrClO2. The number of aryl methyl sites for hydroxylation is 1. The largest absolute Gasteiger partial charge is 0.493 e. The summed E-state index contributed by atoms with van der Waals surface area (Å²) >= 11 is 10.1. The molecule has 0 aliphatic carbocycles. The fourth-order valence-corrected chi connectivity index (χ4v) is 2.55. The molecule has 2 aromatic carbocycles. The number of hydrogen-bond donors (Lipinski definition) is 0. The summed E-state index contributed by atoms with van der Waals surface area (Å²) in [4.78, 5) is 0. The molecular weight excluding hydrogens is 340 g/mol. The van der Waals surface area contributed by atoms with Gasteiger partial charge in [-0.3, -0.25) is 0 Å². The van der Waals surface area contributed by atoms with Crippen LogP contribution in [0.2, 0.25) is 0 Å². The standard InChI is InChI=1S/C16H16BrClO2/c1-10-8-11(4-6-13(10)17)16(18)12-5-7-14(19-2)15(9-12)20-3/h4-9,16H,1-3H3. The van der Waals surface area contributed by atoms with Crippen molar-refractivity contribution in [3.63, 3.8) is 0 Å². The zero-order valence-electron chi connectivity index (χ0n) is 11.6. The van der Waals surface area contributed by atoms with Gasteiger partial charge in [0, 0.05) is 4.47 Å². The van der Waals surface area contributed by atoms with Gasteiger partial charge in [-0.2, -0.15) is 0 Å². The first-order valence-corrected chi connectivity index (χ1v) is 7.41. The summed E-state index contributed by atoms with van der Waals surface area (Å²) in [6, 6.07) is 11.9. The van der Waals surface area contributed by atoms with Crippen molar-refractivity contribution in [1.29, 1.82) is 0 Å². The monoisotopic (exact) mass is 354 g/mol. The fourth-order valence-electron chi connectivity index (χ4n) is 2.03. The van der Waals surface area contributed by atoms with E-state index in [4.69, 9.17) is 21.1 Å². The summed E-state index contributed by atoms with van der Waals surface area (Å²) in [5, 5.41) is -0.221. The van der Waals surface area contributed by atoms with E-state index in [9.17, 15) is 0 Å². The molecule has 4 heteroatoms. The lowest BCUT2D eigenvalue weighted by Gasteiger charge is -2.14. The van der Waals surface area contributed by atoms with Crippen LogP contribution in [0, 0.1) is 6.92 Å². The van der Waals surface area contributed by atoms with Gasteiger partial charge in [0.2, 0.25) is 0 Å². The van der Waals surface area contributed by atoms with Crippen molar-refractivity contribution >= 4 is 27.5 Å². The maximum atomic E-state index is 6.57. The molecule has 0 saturated heterocycles. The molecule has 20 heavy (non-hydrogen) atoms. The molecule has 0 aliphatic rings. The number of rotatable bonds is 4. The molecule has 0 spiro atoms. The van der Waals surface area contributed by atoms with Gasteiger partial charge in [-0.25, -0.2) is 0 Å². The molecule has 0 amide bonds. The number of ether oxygens (including phenoxy) is 2. The second kappa shape index (κ2) is 6.51. The van der Waals surface area contributed by atoms with E-state index in [1.54, 1.807) is 14.2 Å². The summed E-state index contributed by atoms with van der Waals surface area (Å²) < 4.78 is 11.6. The molecule has 0 saturated carbocycles. The van der Waals surface area contributed by atoms with E-state index in [0.717, 1.165) is 21.2 Å². The maximum absolute atomic E-state index is 6.57. The number of benzene rings is 2. The van der Waals surface area contributed by atoms with Gasteiger partial charge < -0.3 is 9.47 Å². The third-order valence-electron chi connectivity index (χ3n) is 3.17. The van der Waals surface area contributed by atoms with Crippen LogP contribution in [0.25, 0.3) is 0 Å². The van der Waals surface area contributed by atoms with Crippen molar-refractivity contribution in [2.75, 3.05) is 14.2 Å². The smallest absolute Gasteiger partial charge is 0.161 e. The number of hydrogen-bond acceptors (Lipinski definition) is 2. The predicted molar refractivity (Wildman–Crippen MR) is 86.1 cm³/mol. The molecule has 0 heterocycles. The Balaban J connectivity index is 2.37. The van der Waals surface area contributed by atoms with E-state index in [1.807, 2.05) is 37.3 Å². The molecule has 2 nitrogen and oxygen atoms in total. The van der Waals surface area contributed by atoms with Crippen LogP contribution in [0.15, 0.2) is 40.9 Å². The van der Waals surface area contributed by atoms with Crippen LogP contribution in [0.1, 0.15) is 22.1 Å². The van der Waals surface area contributed by atoms with Gasteiger partial charge in [-0.15, -0.1) is 11.6 Å². The average Bonchev–Trinajstić information content (AvgIpc) is 2.48. The summed E-state index contributed by atoms with van der Waals surface area (Å²) in [5.41, 5.74) is 3.19. The summed E-state index contributed by atoms with van der Waals surface area (Å²) in [6.45, 7) is 2.05. The van der Waals surface area contributed by atoms with Crippen LogP contribution < -0.4 is 9.47 Å². The lowest BCUT2D eigenvalue weighted by molar-refractivity contribution is 0.354. The van der Waals surface area contributed by atoms with Gasteiger partial charge in [0.05, 0.1) is 19.6 Å². The highest BCUT2D eigenvalue weighted by atomic mass is 79.9. The zero-order chi connectivity index (χ0) is 14.7. The molecule has 1 atom stereocenters. The highest BCUT2D eigenvalue weighted by Gasteiger charge is 2.14. The number of alkyl halides is 1. The molecule has 0 radical (unpaired) electrons. The number of halogens is 2. The first-order chi connectivity index (χ1) is 9.56. The van der Waals surface area contributed by atoms with E-state index in [0.29, 0.717) is 11.5 Å². The van der Waals surface area contributed by atoms with Gasteiger partial charge in [-0.1, -0.05) is 34.1 Å². The topological polar surface area (TPSA) is 18.5 Å². The number of methoxy groups -OCH3 is 2. The molecule has 0 aliphatic heterocycles. The molecule has 0 aromatic heterocycles. The Morgan fingerprint density at radius 3 is 2.15 bits per heavy atom. The van der Waals surface area contributed by atoms with Crippen LogP contribution in [-0.2, 0) is 0 Å². The molecule has 2 aromatic rings. The quantitative estimate of drug-likeness (QED) is 0.710.